The fourth-order valence-electron chi connectivity index (χ4n) is 2.74. The molecule has 0 saturated carbocycles. The van der Waals surface area contributed by atoms with Gasteiger partial charge in [0.15, 0.2) is 5.75 Å². The number of hydrogen-bond acceptors (Lipinski definition) is 5. The molecule has 0 bridgehead atoms. The van der Waals surface area contributed by atoms with E-state index >= 15 is 0 Å². The molecule has 0 aliphatic carbocycles. The van der Waals surface area contributed by atoms with Gasteiger partial charge in [0, 0.05) is 17.7 Å². The lowest BCUT2D eigenvalue weighted by molar-refractivity contribution is -0.385. The Balaban J connectivity index is 2.46. The van der Waals surface area contributed by atoms with Crippen LogP contribution in [0.1, 0.15) is 37.5 Å². The molecule has 0 spiro atoms. The van der Waals surface area contributed by atoms with Crippen molar-refractivity contribution in [2.24, 2.45) is 0 Å². The van der Waals surface area contributed by atoms with Gasteiger partial charge in [0.1, 0.15) is 11.5 Å². The van der Waals surface area contributed by atoms with Gasteiger partial charge >= 0.3 is 5.69 Å². The second-order valence-electron chi connectivity index (χ2n) is 6.45. The van der Waals surface area contributed by atoms with Gasteiger partial charge in [0.25, 0.3) is 0 Å². The highest BCUT2D eigenvalue weighted by Crippen LogP contribution is 2.32. The number of nitro benzene ring substituents is 1. The van der Waals surface area contributed by atoms with E-state index < -0.39 is 4.92 Å². The van der Waals surface area contributed by atoms with Gasteiger partial charge in [-0.25, -0.2) is 0 Å². The molecular weight excluding hydrogens is 358 g/mol. The number of nitrogens with zero attached hydrogens (tertiary/aromatic N) is 1. The number of benzene rings is 2. The Morgan fingerprint density at radius 1 is 1.18 bits per heavy atom. The van der Waals surface area contributed by atoms with E-state index in [4.69, 9.17) is 9.47 Å². The van der Waals surface area contributed by atoms with Gasteiger partial charge in [-0.3, -0.25) is 10.1 Å². The van der Waals surface area contributed by atoms with Crippen molar-refractivity contribution in [1.82, 2.24) is 0 Å². The van der Waals surface area contributed by atoms with Gasteiger partial charge in [-0.1, -0.05) is 23.8 Å². The number of phenolic OH excluding ortho intramolecular Hbond substituents is 1. The maximum Gasteiger partial charge on any atom is 0.310 e. The summed E-state index contributed by atoms with van der Waals surface area (Å²) < 4.78 is 10.8. The van der Waals surface area contributed by atoms with Crippen molar-refractivity contribution in [3.63, 3.8) is 0 Å². The third-order valence-electron chi connectivity index (χ3n) is 4.10. The first-order chi connectivity index (χ1) is 13.3. The Bertz CT molecular complexity index is 911. The molecule has 6 heteroatoms. The first-order valence-electron chi connectivity index (χ1n) is 8.98. The molecule has 0 saturated heterocycles. The van der Waals surface area contributed by atoms with Crippen LogP contribution in [0.2, 0.25) is 0 Å². The summed E-state index contributed by atoms with van der Waals surface area (Å²) in [7, 11) is 1.40. The van der Waals surface area contributed by atoms with Crippen LogP contribution in [0.4, 0.5) is 5.69 Å². The Morgan fingerprint density at radius 2 is 1.93 bits per heavy atom. The van der Waals surface area contributed by atoms with Crippen LogP contribution in [0.5, 0.6) is 17.2 Å². The molecule has 0 aromatic heterocycles. The minimum Gasteiger partial charge on any atom is -0.508 e. The van der Waals surface area contributed by atoms with Crippen molar-refractivity contribution in [2.45, 2.75) is 27.2 Å². The van der Waals surface area contributed by atoms with Crippen LogP contribution in [0.25, 0.3) is 12.2 Å². The van der Waals surface area contributed by atoms with Crippen molar-refractivity contribution in [3.05, 3.63) is 68.8 Å². The first kappa shape index (κ1) is 21.0. The van der Waals surface area contributed by atoms with Crippen LogP contribution in [-0.4, -0.2) is 23.7 Å². The molecule has 0 heterocycles. The predicted octanol–water partition coefficient (Wildman–Crippen LogP) is 5.39. The average molecular weight is 383 g/mol. The molecule has 1 N–H and O–H groups in total. The predicted molar refractivity (Wildman–Crippen MR) is 111 cm³/mol. The lowest BCUT2D eigenvalue weighted by Crippen LogP contribution is -1.99. The number of aromatic hydroxyl groups is 1. The van der Waals surface area contributed by atoms with Crippen LogP contribution in [0, 0.1) is 10.1 Å². The van der Waals surface area contributed by atoms with Crippen LogP contribution < -0.4 is 9.47 Å². The molecule has 0 aliphatic heterocycles. The molecule has 6 nitrogen and oxygen atoms in total. The molecule has 0 atom stereocenters. The van der Waals surface area contributed by atoms with E-state index in [9.17, 15) is 15.2 Å². The highest BCUT2D eigenvalue weighted by Gasteiger charge is 2.14. The van der Waals surface area contributed by atoms with Gasteiger partial charge in [0.05, 0.1) is 18.6 Å². The van der Waals surface area contributed by atoms with E-state index in [0.717, 1.165) is 16.7 Å². The molecule has 2 rings (SSSR count). The number of hydrogen-bond donors (Lipinski definition) is 1. The van der Waals surface area contributed by atoms with Crippen molar-refractivity contribution >= 4 is 17.8 Å². The van der Waals surface area contributed by atoms with Crippen molar-refractivity contribution < 1.29 is 19.5 Å². The van der Waals surface area contributed by atoms with E-state index in [2.05, 4.69) is 6.08 Å². The summed E-state index contributed by atoms with van der Waals surface area (Å²) in [6.45, 7) is 6.44. The third-order valence-corrected chi connectivity index (χ3v) is 4.10. The fourth-order valence-corrected chi connectivity index (χ4v) is 2.74. The van der Waals surface area contributed by atoms with Crippen LogP contribution >= 0.6 is 0 Å². The molecule has 0 unspecified atom stereocenters. The normalized spacial score (nSPS) is 10.7. The lowest BCUT2D eigenvalue weighted by Gasteiger charge is -2.13. The zero-order valence-corrected chi connectivity index (χ0v) is 16.6. The fraction of sp³-hybridized carbons (Fsp3) is 0.273. The maximum absolute atomic E-state index is 11.0. The molecule has 0 fully saturated rings. The number of ether oxygens (including phenoxy) is 2. The maximum atomic E-state index is 11.0. The van der Waals surface area contributed by atoms with E-state index in [1.807, 2.05) is 32.9 Å². The largest absolute Gasteiger partial charge is 0.508 e. The van der Waals surface area contributed by atoms with Gasteiger partial charge in [-0.15, -0.1) is 0 Å². The van der Waals surface area contributed by atoms with Gasteiger partial charge in [0.2, 0.25) is 0 Å². The van der Waals surface area contributed by atoms with Gasteiger partial charge in [-0.05, 0) is 56.5 Å². The zero-order chi connectivity index (χ0) is 20.7. The Labute approximate surface area is 164 Å². The molecule has 0 amide bonds. The van der Waals surface area contributed by atoms with E-state index in [1.54, 1.807) is 24.3 Å². The highest BCUT2D eigenvalue weighted by atomic mass is 16.6. The SMILES string of the molecule is CCOc1cc(O)cc(/C=C/c2ccc([N+](=O)[O-])c(OC)c2)c1CC=C(C)C. The number of rotatable bonds is 8. The summed E-state index contributed by atoms with van der Waals surface area (Å²) in [5, 5.41) is 21.1. The Hall–Kier alpha value is -3.28. The highest BCUT2D eigenvalue weighted by molar-refractivity contribution is 5.74. The van der Waals surface area contributed by atoms with E-state index in [-0.39, 0.29) is 17.2 Å². The minimum absolute atomic E-state index is 0.0834. The molecular formula is C22H25NO5. The lowest BCUT2D eigenvalue weighted by atomic mass is 10.00. The first-order valence-corrected chi connectivity index (χ1v) is 8.98. The summed E-state index contributed by atoms with van der Waals surface area (Å²) >= 11 is 0. The van der Waals surface area contributed by atoms with E-state index in [0.29, 0.717) is 18.8 Å². The quantitative estimate of drug-likeness (QED) is 0.286. The van der Waals surface area contributed by atoms with Crippen LogP contribution in [0.15, 0.2) is 42.0 Å². The average Bonchev–Trinajstić information content (AvgIpc) is 2.65. The Morgan fingerprint density at radius 3 is 2.54 bits per heavy atom. The van der Waals surface area contributed by atoms with Crippen molar-refractivity contribution in [2.75, 3.05) is 13.7 Å². The summed E-state index contributed by atoms with van der Waals surface area (Å²) in [4.78, 5) is 10.6. The van der Waals surface area contributed by atoms with Crippen LogP contribution in [-0.2, 0) is 6.42 Å². The molecule has 148 valence electrons. The molecule has 28 heavy (non-hydrogen) atoms. The van der Waals surface area contributed by atoms with E-state index in [1.165, 1.54) is 18.7 Å². The van der Waals surface area contributed by atoms with Crippen molar-refractivity contribution in [3.8, 4) is 17.2 Å². The van der Waals surface area contributed by atoms with Crippen LogP contribution in [0.3, 0.4) is 0 Å². The van der Waals surface area contributed by atoms with Gasteiger partial charge < -0.3 is 14.6 Å². The number of allylic oxidation sites excluding steroid dienone is 2. The summed E-state index contributed by atoms with van der Waals surface area (Å²) in [5.41, 5.74) is 3.63. The van der Waals surface area contributed by atoms with Gasteiger partial charge in [-0.2, -0.15) is 0 Å². The second kappa shape index (κ2) is 9.60. The molecule has 0 aliphatic rings. The second-order valence-corrected chi connectivity index (χ2v) is 6.45. The zero-order valence-electron chi connectivity index (χ0n) is 16.6. The number of nitro groups is 1. The topological polar surface area (TPSA) is 81.8 Å². The number of methoxy groups -OCH3 is 1. The summed E-state index contributed by atoms with van der Waals surface area (Å²) in [6.07, 6.45) is 6.45. The third kappa shape index (κ3) is 5.36. The Kier molecular flexibility index (Phi) is 7.21. The molecule has 2 aromatic carbocycles. The summed E-state index contributed by atoms with van der Waals surface area (Å²) in [5.74, 6) is 0.953. The minimum atomic E-state index is -0.479. The molecule has 2 aromatic rings. The molecule has 0 radical (unpaired) electrons. The smallest absolute Gasteiger partial charge is 0.310 e. The van der Waals surface area contributed by atoms with Crippen molar-refractivity contribution in [1.29, 1.82) is 0 Å². The standard InChI is InChI=1S/C22H25NO5/c1-5-28-21-14-18(24)13-17(19(21)10-6-15(2)3)9-7-16-8-11-20(23(25)26)22(12-16)27-4/h6-9,11-14,24H,5,10H2,1-4H3/b9-7+. The monoisotopic (exact) mass is 383 g/mol. The summed E-state index contributed by atoms with van der Waals surface area (Å²) in [6, 6.07) is 7.96. The number of phenols is 1.